The molecule has 0 fully saturated rings. The maximum atomic E-state index is 11.1. The summed E-state index contributed by atoms with van der Waals surface area (Å²) in [5, 5.41) is 7.15. The minimum atomic E-state index is 0.712. The average Bonchev–Trinajstić information content (AvgIpc) is 2.54. The molecule has 0 unspecified atom stereocenters. The first kappa shape index (κ1) is 12.5. The number of fused-ring (bicyclic) bond motifs is 6. The highest BCUT2D eigenvalue weighted by Crippen LogP contribution is 2.36. The van der Waals surface area contributed by atoms with Crippen LogP contribution in [0.15, 0.2) is 65.1 Å². The van der Waals surface area contributed by atoms with E-state index in [2.05, 4.69) is 52.3 Å². The van der Waals surface area contributed by atoms with Gasteiger partial charge in [-0.05, 0) is 50.5 Å². The van der Waals surface area contributed by atoms with Gasteiger partial charge in [0.05, 0.1) is 0 Å². The standard InChI is InChI=1S/C19H11BrO/c20-13-6-8-17-16-7-5-12(11-21)9-18(16)14-3-1-2-4-15(14)19(17)10-13/h1-11H. The van der Waals surface area contributed by atoms with Crippen molar-refractivity contribution in [3.8, 4) is 0 Å². The Bertz CT molecular complexity index is 998. The van der Waals surface area contributed by atoms with E-state index in [1.165, 1.54) is 26.9 Å². The minimum absolute atomic E-state index is 0.712. The van der Waals surface area contributed by atoms with Gasteiger partial charge in [0.25, 0.3) is 0 Å². The Morgan fingerprint density at radius 2 is 1.24 bits per heavy atom. The molecule has 0 aromatic heterocycles. The molecule has 21 heavy (non-hydrogen) atoms. The van der Waals surface area contributed by atoms with E-state index in [9.17, 15) is 4.79 Å². The molecule has 0 heterocycles. The number of hydrogen-bond acceptors (Lipinski definition) is 1. The highest BCUT2D eigenvalue weighted by molar-refractivity contribution is 9.10. The van der Waals surface area contributed by atoms with Gasteiger partial charge in [-0.3, -0.25) is 4.79 Å². The normalized spacial score (nSPS) is 11.3. The van der Waals surface area contributed by atoms with Crippen molar-refractivity contribution >= 4 is 54.5 Å². The lowest BCUT2D eigenvalue weighted by Crippen LogP contribution is -1.86. The molecule has 4 rings (SSSR count). The van der Waals surface area contributed by atoms with Crippen molar-refractivity contribution in [2.24, 2.45) is 0 Å². The Balaban J connectivity index is 2.36. The van der Waals surface area contributed by atoms with Crippen LogP contribution in [0.2, 0.25) is 0 Å². The summed E-state index contributed by atoms with van der Waals surface area (Å²) in [5.74, 6) is 0. The molecule has 2 heteroatoms. The van der Waals surface area contributed by atoms with Crippen LogP contribution in [0.25, 0.3) is 32.3 Å². The van der Waals surface area contributed by atoms with Crippen LogP contribution in [-0.4, -0.2) is 6.29 Å². The summed E-state index contributed by atoms with van der Waals surface area (Å²) in [6, 6.07) is 20.6. The second-order valence-electron chi connectivity index (χ2n) is 5.16. The molecular weight excluding hydrogens is 324 g/mol. The summed E-state index contributed by atoms with van der Waals surface area (Å²) in [7, 11) is 0. The first-order valence-electron chi connectivity index (χ1n) is 6.77. The number of carbonyl (C=O) groups is 1. The Hall–Kier alpha value is -2.19. The minimum Gasteiger partial charge on any atom is -0.298 e. The van der Waals surface area contributed by atoms with E-state index in [4.69, 9.17) is 0 Å². The Labute approximate surface area is 130 Å². The van der Waals surface area contributed by atoms with Crippen molar-refractivity contribution in [3.05, 3.63) is 70.7 Å². The Kier molecular flexibility index (Phi) is 2.79. The van der Waals surface area contributed by atoms with E-state index >= 15 is 0 Å². The first-order chi connectivity index (χ1) is 10.3. The van der Waals surface area contributed by atoms with Crippen molar-refractivity contribution in [1.29, 1.82) is 0 Å². The van der Waals surface area contributed by atoms with Gasteiger partial charge in [0, 0.05) is 10.0 Å². The molecule has 100 valence electrons. The SMILES string of the molecule is O=Cc1ccc2c3ccc(Br)cc3c3ccccc3c2c1. The number of aldehydes is 1. The predicted octanol–water partition coefficient (Wildman–Crippen LogP) is 5.72. The van der Waals surface area contributed by atoms with Gasteiger partial charge in [-0.25, -0.2) is 0 Å². The number of carbonyl (C=O) groups excluding carboxylic acids is 1. The smallest absolute Gasteiger partial charge is 0.150 e. The molecule has 0 aliphatic heterocycles. The number of halogens is 1. The van der Waals surface area contributed by atoms with Gasteiger partial charge in [-0.15, -0.1) is 0 Å². The topological polar surface area (TPSA) is 17.1 Å². The molecule has 4 aromatic rings. The summed E-state index contributed by atoms with van der Waals surface area (Å²) in [5.41, 5.74) is 0.712. The molecule has 0 N–H and O–H groups in total. The van der Waals surface area contributed by atoms with Crippen molar-refractivity contribution in [2.75, 3.05) is 0 Å². The fourth-order valence-corrected chi connectivity index (χ4v) is 3.38. The first-order valence-corrected chi connectivity index (χ1v) is 7.56. The molecule has 0 bridgehead atoms. The van der Waals surface area contributed by atoms with Crippen LogP contribution in [0.5, 0.6) is 0 Å². The van der Waals surface area contributed by atoms with Gasteiger partial charge >= 0.3 is 0 Å². The van der Waals surface area contributed by atoms with Crippen molar-refractivity contribution in [3.63, 3.8) is 0 Å². The van der Waals surface area contributed by atoms with Gasteiger partial charge in [0.15, 0.2) is 0 Å². The van der Waals surface area contributed by atoms with E-state index in [0.717, 1.165) is 16.1 Å². The maximum Gasteiger partial charge on any atom is 0.150 e. The zero-order valence-electron chi connectivity index (χ0n) is 11.1. The lowest BCUT2D eigenvalue weighted by Gasteiger charge is -2.11. The van der Waals surface area contributed by atoms with E-state index in [-0.39, 0.29) is 0 Å². The Morgan fingerprint density at radius 3 is 1.90 bits per heavy atom. The summed E-state index contributed by atoms with van der Waals surface area (Å²) in [4.78, 5) is 11.1. The molecule has 0 aliphatic carbocycles. The van der Waals surface area contributed by atoms with Gasteiger partial charge in [0.1, 0.15) is 6.29 Å². The monoisotopic (exact) mass is 334 g/mol. The van der Waals surface area contributed by atoms with Crippen molar-refractivity contribution in [1.82, 2.24) is 0 Å². The highest BCUT2D eigenvalue weighted by Gasteiger charge is 2.09. The molecular formula is C19H11BrO. The molecule has 0 aliphatic rings. The largest absolute Gasteiger partial charge is 0.298 e. The summed E-state index contributed by atoms with van der Waals surface area (Å²) >= 11 is 3.56. The van der Waals surface area contributed by atoms with Crippen LogP contribution in [0.4, 0.5) is 0 Å². The zero-order valence-corrected chi connectivity index (χ0v) is 12.7. The van der Waals surface area contributed by atoms with Gasteiger partial charge in [-0.1, -0.05) is 58.4 Å². The molecule has 4 aromatic carbocycles. The van der Waals surface area contributed by atoms with Crippen LogP contribution in [0, 0.1) is 0 Å². The van der Waals surface area contributed by atoms with Gasteiger partial charge in [-0.2, -0.15) is 0 Å². The molecule has 0 saturated heterocycles. The Morgan fingerprint density at radius 1 is 0.667 bits per heavy atom. The third-order valence-electron chi connectivity index (χ3n) is 3.96. The van der Waals surface area contributed by atoms with E-state index in [0.29, 0.717) is 5.56 Å². The number of benzene rings is 4. The second kappa shape index (κ2) is 4.68. The second-order valence-corrected chi connectivity index (χ2v) is 6.07. The molecule has 0 atom stereocenters. The lowest BCUT2D eigenvalue weighted by atomic mass is 9.93. The molecule has 0 amide bonds. The fourth-order valence-electron chi connectivity index (χ4n) is 3.02. The third kappa shape index (κ3) is 1.87. The van der Waals surface area contributed by atoms with Gasteiger partial charge < -0.3 is 0 Å². The maximum absolute atomic E-state index is 11.1. The quantitative estimate of drug-likeness (QED) is 0.321. The average molecular weight is 335 g/mol. The summed E-state index contributed by atoms with van der Waals surface area (Å²) in [6.07, 6.45) is 0.903. The third-order valence-corrected chi connectivity index (χ3v) is 4.45. The lowest BCUT2D eigenvalue weighted by molar-refractivity contribution is 0.112. The zero-order chi connectivity index (χ0) is 14.4. The molecule has 0 saturated carbocycles. The number of hydrogen-bond donors (Lipinski definition) is 0. The fraction of sp³-hybridized carbons (Fsp3) is 0. The molecule has 0 spiro atoms. The van der Waals surface area contributed by atoms with Crippen LogP contribution >= 0.6 is 15.9 Å². The van der Waals surface area contributed by atoms with Gasteiger partial charge in [0.2, 0.25) is 0 Å². The van der Waals surface area contributed by atoms with Crippen molar-refractivity contribution < 1.29 is 4.79 Å². The van der Waals surface area contributed by atoms with E-state index in [1.54, 1.807) is 0 Å². The van der Waals surface area contributed by atoms with Crippen LogP contribution in [-0.2, 0) is 0 Å². The predicted molar refractivity (Wildman–Crippen MR) is 92.0 cm³/mol. The number of rotatable bonds is 1. The molecule has 1 nitrogen and oxygen atoms in total. The van der Waals surface area contributed by atoms with Crippen molar-refractivity contribution in [2.45, 2.75) is 0 Å². The van der Waals surface area contributed by atoms with Crippen LogP contribution in [0.1, 0.15) is 10.4 Å². The van der Waals surface area contributed by atoms with Crippen LogP contribution < -0.4 is 0 Å². The summed E-state index contributed by atoms with van der Waals surface area (Å²) in [6.45, 7) is 0. The summed E-state index contributed by atoms with van der Waals surface area (Å²) < 4.78 is 1.07. The van der Waals surface area contributed by atoms with Crippen LogP contribution in [0.3, 0.4) is 0 Å². The molecule has 0 radical (unpaired) electrons. The van der Waals surface area contributed by atoms with E-state index in [1.807, 2.05) is 24.3 Å². The van der Waals surface area contributed by atoms with E-state index < -0.39 is 0 Å². The highest BCUT2D eigenvalue weighted by atomic mass is 79.9.